The first-order chi connectivity index (χ1) is 13.6. The largest absolute Gasteiger partial charge is 0.481 e. The van der Waals surface area contributed by atoms with Gasteiger partial charge in [0.15, 0.2) is 0 Å². The molecule has 0 saturated carbocycles. The number of carboxylic acids is 1. The van der Waals surface area contributed by atoms with Crippen molar-refractivity contribution in [2.75, 3.05) is 6.61 Å². The summed E-state index contributed by atoms with van der Waals surface area (Å²) in [6, 6.07) is 3.55. The number of aliphatic carboxylic acids is 1. The zero-order valence-electron chi connectivity index (χ0n) is 17.8. The molecule has 3 N–H and O–H groups in total. The number of aliphatic hydroxyl groups is 1. The van der Waals surface area contributed by atoms with E-state index in [9.17, 15) is 33.0 Å². The van der Waals surface area contributed by atoms with Crippen molar-refractivity contribution in [3.63, 3.8) is 0 Å². The Kier molecular flexibility index (Phi) is 8.31. The van der Waals surface area contributed by atoms with Crippen LogP contribution in [0.15, 0.2) is 24.3 Å². The summed E-state index contributed by atoms with van der Waals surface area (Å²) in [4.78, 5) is 23.7. The number of halogens is 3. The fraction of sp³-hybridized carbons (Fsp3) is 0.619. The molecule has 1 aromatic carbocycles. The number of aliphatic hydroxyl groups excluding tert-OH is 1. The van der Waals surface area contributed by atoms with Crippen molar-refractivity contribution < 1.29 is 37.7 Å². The van der Waals surface area contributed by atoms with E-state index in [0.717, 1.165) is 12.1 Å². The van der Waals surface area contributed by atoms with Crippen molar-refractivity contribution in [2.24, 2.45) is 5.41 Å². The normalized spacial score (nSPS) is 14.7. The number of alkyl halides is 3. The van der Waals surface area contributed by atoms with Crippen LogP contribution < -0.4 is 5.32 Å². The lowest BCUT2D eigenvalue weighted by Gasteiger charge is -2.31. The van der Waals surface area contributed by atoms with Gasteiger partial charge in [-0.05, 0) is 65.2 Å². The van der Waals surface area contributed by atoms with Crippen LogP contribution in [0.3, 0.4) is 0 Å². The van der Waals surface area contributed by atoms with Crippen LogP contribution in [0.5, 0.6) is 0 Å². The number of carbonyl (C=O) groups excluding carboxylic acids is 1. The summed E-state index contributed by atoms with van der Waals surface area (Å²) >= 11 is 0. The van der Waals surface area contributed by atoms with Crippen LogP contribution in [0.4, 0.5) is 18.0 Å². The SMILES string of the molecule is CC(C)(C)OC(=O)N[C@@H](CCC(C)(C)C(=O)O)[C@@H](CO)c1ccc(C(F)(F)F)cc1. The van der Waals surface area contributed by atoms with Crippen molar-refractivity contribution in [3.8, 4) is 0 Å². The Balaban J connectivity index is 3.15. The van der Waals surface area contributed by atoms with E-state index in [1.54, 1.807) is 20.8 Å². The molecular formula is C21H30F3NO5. The quantitative estimate of drug-likeness (QED) is 0.558. The second kappa shape index (κ2) is 9.68. The maximum Gasteiger partial charge on any atom is 0.416 e. The summed E-state index contributed by atoms with van der Waals surface area (Å²) in [6.07, 6.45) is -4.91. The standard InChI is InChI=1S/C21H30F3NO5/c1-19(2,3)30-18(29)25-16(10-11-20(4,5)17(27)28)15(12-26)13-6-8-14(9-7-13)21(22,23)24/h6-9,15-16,26H,10-12H2,1-5H3,(H,25,29)(H,27,28)/t15-,16-/m0/s1. The number of nitrogens with one attached hydrogen (secondary N) is 1. The van der Waals surface area contributed by atoms with Gasteiger partial charge in [0.1, 0.15) is 5.60 Å². The molecule has 0 aliphatic heterocycles. The summed E-state index contributed by atoms with van der Waals surface area (Å²) in [7, 11) is 0. The Hall–Kier alpha value is -2.29. The van der Waals surface area contributed by atoms with Gasteiger partial charge in [-0.2, -0.15) is 13.2 Å². The van der Waals surface area contributed by atoms with Crippen molar-refractivity contribution in [2.45, 2.75) is 71.2 Å². The highest BCUT2D eigenvalue weighted by Crippen LogP contribution is 2.32. The smallest absolute Gasteiger partial charge is 0.416 e. The number of amides is 1. The Bertz CT molecular complexity index is 724. The number of carbonyl (C=O) groups is 2. The molecular weight excluding hydrogens is 403 g/mol. The van der Waals surface area contributed by atoms with Gasteiger partial charge in [-0.3, -0.25) is 4.79 Å². The van der Waals surface area contributed by atoms with Crippen LogP contribution in [0, 0.1) is 5.41 Å². The summed E-state index contributed by atoms with van der Waals surface area (Å²) in [5, 5.41) is 21.9. The monoisotopic (exact) mass is 433 g/mol. The van der Waals surface area contributed by atoms with Crippen LogP contribution in [-0.2, 0) is 15.7 Å². The number of benzene rings is 1. The predicted octanol–water partition coefficient (Wildman–Crippen LogP) is 4.57. The van der Waals surface area contributed by atoms with Gasteiger partial charge in [-0.1, -0.05) is 12.1 Å². The molecule has 1 amide bonds. The molecule has 1 aromatic rings. The highest BCUT2D eigenvalue weighted by Gasteiger charge is 2.34. The Morgan fingerprint density at radius 2 is 1.60 bits per heavy atom. The summed E-state index contributed by atoms with van der Waals surface area (Å²) in [5.74, 6) is -1.77. The van der Waals surface area contributed by atoms with Gasteiger partial charge in [-0.25, -0.2) is 4.79 Å². The van der Waals surface area contributed by atoms with Crippen molar-refractivity contribution in [3.05, 3.63) is 35.4 Å². The minimum atomic E-state index is -4.49. The summed E-state index contributed by atoms with van der Waals surface area (Å²) in [5.41, 5.74) is -2.31. The zero-order valence-corrected chi connectivity index (χ0v) is 17.8. The highest BCUT2D eigenvalue weighted by atomic mass is 19.4. The summed E-state index contributed by atoms with van der Waals surface area (Å²) < 4.78 is 43.8. The molecule has 0 aliphatic rings. The molecule has 0 saturated heterocycles. The van der Waals surface area contributed by atoms with Crippen molar-refractivity contribution in [1.29, 1.82) is 0 Å². The molecule has 0 unspecified atom stereocenters. The first-order valence-electron chi connectivity index (χ1n) is 9.58. The Labute approximate surface area is 174 Å². The average molecular weight is 433 g/mol. The molecule has 6 nitrogen and oxygen atoms in total. The van der Waals surface area contributed by atoms with E-state index in [0.29, 0.717) is 5.56 Å². The van der Waals surface area contributed by atoms with Crippen LogP contribution in [-0.4, -0.2) is 40.5 Å². The maximum atomic E-state index is 12.8. The van der Waals surface area contributed by atoms with Gasteiger partial charge in [0.2, 0.25) is 0 Å². The van der Waals surface area contributed by atoms with Gasteiger partial charge >= 0.3 is 18.2 Å². The van der Waals surface area contributed by atoms with Crippen molar-refractivity contribution >= 4 is 12.1 Å². The molecule has 0 bridgehead atoms. The number of carboxylic acid groups (broad SMARTS) is 1. The van der Waals surface area contributed by atoms with E-state index in [4.69, 9.17) is 4.74 Å². The number of hydrogen-bond acceptors (Lipinski definition) is 4. The molecule has 9 heteroatoms. The lowest BCUT2D eigenvalue weighted by molar-refractivity contribution is -0.147. The summed E-state index contributed by atoms with van der Waals surface area (Å²) in [6.45, 7) is 7.63. The van der Waals surface area contributed by atoms with E-state index in [2.05, 4.69) is 5.32 Å². The van der Waals surface area contributed by atoms with E-state index < -0.39 is 53.4 Å². The van der Waals surface area contributed by atoms with Crippen LogP contribution in [0.2, 0.25) is 0 Å². The first kappa shape index (κ1) is 25.7. The number of ether oxygens (including phenoxy) is 1. The molecule has 0 heterocycles. The maximum absolute atomic E-state index is 12.8. The molecule has 2 atom stereocenters. The molecule has 0 radical (unpaired) electrons. The van der Waals surface area contributed by atoms with E-state index in [1.165, 1.54) is 26.0 Å². The second-order valence-electron chi connectivity index (χ2n) is 8.89. The Morgan fingerprint density at radius 3 is 2.00 bits per heavy atom. The number of rotatable bonds is 8. The van der Waals surface area contributed by atoms with Crippen molar-refractivity contribution in [1.82, 2.24) is 5.32 Å². The second-order valence-corrected chi connectivity index (χ2v) is 8.89. The highest BCUT2D eigenvalue weighted by molar-refractivity contribution is 5.73. The van der Waals surface area contributed by atoms with Crippen LogP contribution in [0.1, 0.15) is 64.5 Å². The Morgan fingerprint density at radius 1 is 1.07 bits per heavy atom. The molecule has 0 fully saturated rings. The average Bonchev–Trinajstić information content (AvgIpc) is 2.58. The fourth-order valence-electron chi connectivity index (χ4n) is 2.84. The lowest BCUT2D eigenvalue weighted by Crippen LogP contribution is -2.44. The van der Waals surface area contributed by atoms with Crippen LogP contribution in [0.25, 0.3) is 0 Å². The third kappa shape index (κ3) is 7.85. The lowest BCUT2D eigenvalue weighted by atomic mass is 9.82. The zero-order chi connectivity index (χ0) is 23.3. The topological polar surface area (TPSA) is 95.9 Å². The predicted molar refractivity (Wildman–Crippen MR) is 105 cm³/mol. The molecule has 30 heavy (non-hydrogen) atoms. The number of alkyl carbamates (subject to hydrolysis) is 1. The van der Waals surface area contributed by atoms with Gasteiger partial charge in [0, 0.05) is 12.0 Å². The van der Waals surface area contributed by atoms with Gasteiger partial charge in [0.05, 0.1) is 17.6 Å². The number of hydrogen-bond donors (Lipinski definition) is 3. The van der Waals surface area contributed by atoms with E-state index >= 15 is 0 Å². The minimum Gasteiger partial charge on any atom is -0.481 e. The fourth-order valence-corrected chi connectivity index (χ4v) is 2.84. The van der Waals surface area contributed by atoms with Gasteiger partial charge in [-0.15, -0.1) is 0 Å². The van der Waals surface area contributed by atoms with Crippen LogP contribution >= 0.6 is 0 Å². The molecule has 0 aromatic heterocycles. The molecule has 1 rings (SSSR count). The molecule has 0 aliphatic carbocycles. The minimum absolute atomic E-state index is 0.167. The van der Waals surface area contributed by atoms with E-state index in [1.807, 2.05) is 0 Å². The first-order valence-corrected chi connectivity index (χ1v) is 9.58. The molecule has 170 valence electrons. The third-order valence-electron chi connectivity index (χ3n) is 4.71. The van der Waals surface area contributed by atoms with Gasteiger partial charge < -0.3 is 20.3 Å². The third-order valence-corrected chi connectivity index (χ3v) is 4.71. The molecule has 0 spiro atoms. The van der Waals surface area contributed by atoms with Gasteiger partial charge in [0.25, 0.3) is 0 Å². The van der Waals surface area contributed by atoms with E-state index in [-0.39, 0.29) is 12.8 Å².